The fourth-order valence-corrected chi connectivity index (χ4v) is 4.83. The predicted octanol–water partition coefficient (Wildman–Crippen LogP) is 4.36. The van der Waals surface area contributed by atoms with Crippen LogP contribution in [-0.4, -0.2) is 40.4 Å². The van der Waals surface area contributed by atoms with Crippen molar-refractivity contribution in [2.24, 2.45) is 0 Å². The second-order valence-corrected chi connectivity index (χ2v) is 8.53. The first-order valence-corrected chi connectivity index (χ1v) is 11.2. The van der Waals surface area contributed by atoms with Gasteiger partial charge in [0.15, 0.2) is 12.4 Å². The third-order valence-electron chi connectivity index (χ3n) is 5.22. The molecule has 1 aliphatic heterocycles. The normalized spacial score (nSPS) is 17.4. The second kappa shape index (κ2) is 9.87. The van der Waals surface area contributed by atoms with Crippen molar-refractivity contribution in [3.8, 4) is 5.75 Å². The molecule has 3 aromatic rings. The number of nitrogens with zero attached hydrogens (tertiary/aromatic N) is 1. The van der Waals surface area contributed by atoms with Gasteiger partial charge in [-0.2, -0.15) is 0 Å². The summed E-state index contributed by atoms with van der Waals surface area (Å²) < 4.78 is 18.6. The highest BCUT2D eigenvalue weighted by Gasteiger charge is 2.49. The number of benzene rings is 3. The van der Waals surface area contributed by atoms with Crippen LogP contribution < -0.4 is 9.64 Å². The average Bonchev–Trinajstić information content (AvgIpc) is 2.83. The van der Waals surface area contributed by atoms with Gasteiger partial charge >= 0.3 is 5.97 Å². The number of ketones is 1. The topological polar surface area (TPSA) is 83.9 Å². The van der Waals surface area contributed by atoms with Crippen molar-refractivity contribution >= 4 is 35.1 Å². The molecule has 0 aliphatic carbocycles. The van der Waals surface area contributed by atoms with Crippen LogP contribution in [0.15, 0.2) is 78.9 Å². The molecule has 0 radical (unpaired) electrons. The summed E-state index contributed by atoms with van der Waals surface area (Å²) in [6, 6.07) is 21.0. The fraction of sp³-hybridized carbons (Fsp3) is 0.160. The molecule has 1 saturated heterocycles. The number of hydrogen-bond donors (Lipinski definition) is 1. The number of carboxylic acid groups (broad SMARTS) is 1. The first kappa shape index (κ1) is 22.5. The van der Waals surface area contributed by atoms with Crippen molar-refractivity contribution in [3.05, 3.63) is 95.8 Å². The minimum atomic E-state index is -1.08. The number of Topliss-reactive ketones (excluding diaryl/α,β-unsaturated/α-hetero) is 1. The van der Waals surface area contributed by atoms with E-state index in [1.54, 1.807) is 65.6 Å². The van der Waals surface area contributed by atoms with Gasteiger partial charge in [-0.25, -0.2) is 9.18 Å². The van der Waals surface area contributed by atoms with E-state index in [0.29, 0.717) is 17.0 Å². The van der Waals surface area contributed by atoms with E-state index in [2.05, 4.69) is 0 Å². The number of rotatable bonds is 9. The van der Waals surface area contributed by atoms with Crippen LogP contribution in [0, 0.1) is 5.82 Å². The summed E-state index contributed by atoms with van der Waals surface area (Å²) in [5.41, 5.74) is 1.94. The number of amides is 1. The van der Waals surface area contributed by atoms with E-state index in [-0.39, 0.29) is 23.5 Å². The number of carboxylic acids is 1. The summed E-state index contributed by atoms with van der Waals surface area (Å²) in [6.07, 6.45) is 0. The van der Waals surface area contributed by atoms with Gasteiger partial charge in [0.05, 0.1) is 11.8 Å². The third-order valence-corrected chi connectivity index (χ3v) is 6.47. The van der Waals surface area contributed by atoms with Crippen LogP contribution in [-0.2, 0) is 9.59 Å². The summed E-state index contributed by atoms with van der Waals surface area (Å²) in [5, 5.41) is 8.28. The Kier molecular flexibility index (Phi) is 6.74. The van der Waals surface area contributed by atoms with Crippen LogP contribution >= 0.6 is 11.8 Å². The van der Waals surface area contributed by atoms with Gasteiger partial charge in [-0.15, -0.1) is 11.8 Å². The Bertz CT molecular complexity index is 1150. The molecule has 1 amide bonds. The molecule has 1 heterocycles. The number of β-lactam (4-membered cyclic amide) rings is 1. The Balaban J connectivity index is 1.55. The lowest BCUT2D eigenvalue weighted by Gasteiger charge is -2.47. The predicted molar refractivity (Wildman–Crippen MR) is 123 cm³/mol. The third kappa shape index (κ3) is 5.06. The van der Waals surface area contributed by atoms with Gasteiger partial charge in [0.25, 0.3) is 0 Å². The molecular weight excluding hydrogens is 445 g/mol. The quantitative estimate of drug-likeness (QED) is 0.373. The second-order valence-electron chi connectivity index (χ2n) is 7.40. The number of carbonyl (C=O) groups is 3. The number of anilines is 1. The average molecular weight is 466 g/mol. The molecule has 8 heteroatoms. The zero-order valence-electron chi connectivity index (χ0n) is 17.4. The largest absolute Gasteiger partial charge is 0.482 e. The molecule has 0 unspecified atom stereocenters. The monoisotopic (exact) mass is 465 g/mol. The van der Waals surface area contributed by atoms with Gasteiger partial charge in [0.1, 0.15) is 16.8 Å². The Morgan fingerprint density at radius 2 is 1.64 bits per heavy atom. The van der Waals surface area contributed by atoms with Crippen LogP contribution in [0.2, 0.25) is 0 Å². The molecule has 3 aromatic carbocycles. The maximum absolute atomic E-state index is 13.4. The smallest absolute Gasteiger partial charge is 0.341 e. The van der Waals surface area contributed by atoms with Gasteiger partial charge in [0.2, 0.25) is 5.91 Å². The summed E-state index contributed by atoms with van der Waals surface area (Å²) in [6.45, 7) is -0.455. The van der Waals surface area contributed by atoms with Crippen molar-refractivity contribution in [2.75, 3.05) is 17.3 Å². The zero-order valence-corrected chi connectivity index (χ0v) is 18.2. The highest BCUT2D eigenvalue weighted by atomic mass is 32.2. The van der Waals surface area contributed by atoms with Crippen LogP contribution in [0.1, 0.15) is 22.0 Å². The van der Waals surface area contributed by atoms with E-state index in [9.17, 15) is 18.8 Å². The molecule has 2 atom stereocenters. The first-order chi connectivity index (χ1) is 15.9. The minimum absolute atomic E-state index is 0.0650. The van der Waals surface area contributed by atoms with Crippen LogP contribution in [0.3, 0.4) is 0 Å². The Morgan fingerprint density at radius 1 is 0.970 bits per heavy atom. The minimum Gasteiger partial charge on any atom is -0.482 e. The SMILES string of the molecule is O=C(O)COc1ccc([C@@H]2[C@@H](SCC(=O)c3ccccc3)C(=O)N2c2ccc(F)cc2)cc1. The summed E-state index contributed by atoms with van der Waals surface area (Å²) in [5.74, 6) is -1.17. The Hall–Kier alpha value is -3.65. The highest BCUT2D eigenvalue weighted by molar-refractivity contribution is 8.01. The number of hydrogen-bond acceptors (Lipinski definition) is 5. The molecule has 33 heavy (non-hydrogen) atoms. The molecule has 0 spiro atoms. The van der Waals surface area contributed by atoms with Crippen molar-refractivity contribution in [1.29, 1.82) is 0 Å². The van der Waals surface area contributed by atoms with E-state index in [4.69, 9.17) is 9.84 Å². The lowest BCUT2D eigenvalue weighted by Crippen LogP contribution is -2.57. The van der Waals surface area contributed by atoms with Gasteiger partial charge in [-0.1, -0.05) is 42.5 Å². The van der Waals surface area contributed by atoms with Gasteiger partial charge in [0, 0.05) is 11.3 Å². The maximum Gasteiger partial charge on any atom is 0.341 e. The standard InChI is InChI=1S/C25H20FNO5S/c26-18-8-10-19(11-9-18)27-23(17-6-12-20(13-7-17)32-14-22(29)30)24(25(27)31)33-15-21(28)16-4-2-1-3-5-16/h1-13,23-24H,14-15H2,(H,29,30)/t23-,24-/m1/s1. The number of halogens is 1. The fourth-order valence-electron chi connectivity index (χ4n) is 3.62. The Labute approximate surface area is 194 Å². The molecule has 0 saturated carbocycles. The van der Waals surface area contributed by atoms with Crippen molar-refractivity contribution in [1.82, 2.24) is 0 Å². The van der Waals surface area contributed by atoms with E-state index in [0.717, 1.165) is 5.56 Å². The summed E-state index contributed by atoms with van der Waals surface area (Å²) in [4.78, 5) is 37.9. The number of carbonyl (C=O) groups excluding carboxylic acids is 2. The lowest BCUT2D eigenvalue weighted by molar-refractivity contribution is -0.139. The molecule has 168 valence electrons. The molecule has 1 aliphatic rings. The zero-order chi connectivity index (χ0) is 23.4. The van der Waals surface area contributed by atoms with E-state index < -0.39 is 23.6 Å². The molecular formula is C25H20FNO5S. The highest BCUT2D eigenvalue weighted by Crippen LogP contribution is 2.45. The number of ether oxygens (including phenoxy) is 1. The molecule has 0 bridgehead atoms. The molecule has 4 rings (SSSR count). The van der Waals surface area contributed by atoms with E-state index in [1.165, 1.54) is 23.9 Å². The van der Waals surface area contributed by atoms with Crippen molar-refractivity contribution in [2.45, 2.75) is 11.3 Å². The van der Waals surface area contributed by atoms with Crippen LogP contribution in [0.4, 0.5) is 10.1 Å². The first-order valence-electron chi connectivity index (χ1n) is 10.2. The van der Waals surface area contributed by atoms with E-state index >= 15 is 0 Å². The van der Waals surface area contributed by atoms with Gasteiger partial charge < -0.3 is 14.7 Å². The van der Waals surface area contributed by atoms with Crippen LogP contribution in [0.5, 0.6) is 5.75 Å². The van der Waals surface area contributed by atoms with Crippen molar-refractivity contribution < 1.29 is 28.6 Å². The van der Waals surface area contributed by atoms with Gasteiger partial charge in [-0.05, 0) is 42.0 Å². The Morgan fingerprint density at radius 3 is 2.27 bits per heavy atom. The lowest BCUT2D eigenvalue weighted by atomic mass is 9.92. The molecule has 1 fully saturated rings. The summed E-state index contributed by atoms with van der Waals surface area (Å²) >= 11 is 1.27. The van der Waals surface area contributed by atoms with Crippen molar-refractivity contribution in [3.63, 3.8) is 0 Å². The summed E-state index contributed by atoms with van der Waals surface area (Å²) in [7, 11) is 0. The van der Waals surface area contributed by atoms with Crippen LogP contribution in [0.25, 0.3) is 0 Å². The number of thioether (sulfide) groups is 1. The molecule has 0 aromatic heterocycles. The molecule has 1 N–H and O–H groups in total. The number of aliphatic carboxylic acids is 1. The molecule has 6 nitrogen and oxygen atoms in total. The maximum atomic E-state index is 13.4. The van der Waals surface area contributed by atoms with E-state index in [1.807, 2.05) is 6.07 Å². The van der Waals surface area contributed by atoms with Gasteiger partial charge in [-0.3, -0.25) is 9.59 Å².